The van der Waals surface area contributed by atoms with Gasteiger partial charge < -0.3 is 49.2 Å². The molecule has 3 aromatic carbocycles. The number of nitrogens with one attached hydrogen (secondary N) is 1. The summed E-state index contributed by atoms with van der Waals surface area (Å²) >= 11 is 11.8. The Morgan fingerprint density at radius 1 is 0.714 bits per heavy atom. The number of rotatable bonds is 13. The van der Waals surface area contributed by atoms with E-state index in [-0.39, 0.29) is 17.7 Å². The smallest absolute Gasteiger partial charge is 0.308 e. The highest BCUT2D eigenvalue weighted by atomic mass is 35.5. The van der Waals surface area contributed by atoms with E-state index >= 15 is 0 Å². The number of aliphatic hydroxyl groups is 1. The summed E-state index contributed by atoms with van der Waals surface area (Å²) < 4.78 is 23.0. The number of fused-ring (bicyclic) bond motifs is 1. The Labute approximate surface area is 376 Å². The van der Waals surface area contributed by atoms with Gasteiger partial charge in [-0.3, -0.25) is 9.59 Å². The molecule has 16 heteroatoms. The van der Waals surface area contributed by atoms with Gasteiger partial charge in [-0.05, 0) is 117 Å². The fourth-order valence-electron chi connectivity index (χ4n) is 8.12. The number of aromatic nitrogens is 2. The second kappa shape index (κ2) is 20.6. The largest absolute Gasteiger partial charge is 0.486 e. The fourth-order valence-corrected chi connectivity index (χ4v) is 8.37. The molecule has 2 aromatic heterocycles. The first-order chi connectivity index (χ1) is 30.6. The number of carbonyl (C=O) groups excluding carboxylic acids is 1. The Morgan fingerprint density at radius 3 is 1.81 bits per heavy atom. The molecule has 63 heavy (non-hydrogen) atoms. The van der Waals surface area contributed by atoms with Gasteiger partial charge in [-0.15, -0.1) is 0 Å². The molecule has 4 aliphatic heterocycles. The number of nitrogens with zero attached hydrogens (tertiary/aromatic N) is 5. The van der Waals surface area contributed by atoms with Crippen molar-refractivity contribution >= 4 is 46.7 Å². The molecule has 0 radical (unpaired) electrons. The second-order valence-electron chi connectivity index (χ2n) is 16.0. The normalized spacial score (nSPS) is 19.2. The van der Waals surface area contributed by atoms with Crippen LogP contribution in [0.5, 0.6) is 34.8 Å². The van der Waals surface area contributed by atoms with Gasteiger partial charge in [-0.2, -0.15) is 9.97 Å². The predicted octanol–water partition coefficient (Wildman–Crippen LogP) is 7.88. The van der Waals surface area contributed by atoms with Crippen LogP contribution in [0.25, 0.3) is 0 Å². The van der Waals surface area contributed by atoms with E-state index in [0.29, 0.717) is 109 Å². The molecule has 0 saturated carbocycles. The number of pyridine rings is 2. The standard InChI is InChI=1S/C31H35ClN4O5.C16H15ClN2O3/c32-23-7-9-24(10-8-23)41-29-5-3-4-28(34-29)36-15-12-22(19-36)31(38)33-25(20-35-13-1-2-14-35)30(37)21-6-11-26-27(18-21)40-17-16-39-26;17-12-4-6-13(7-5-12)22-15-3-1-2-14(18-15)19-9-8-11(10-19)16(20)21/h3-11,18,22,25,30,37H,1-2,12-17,19-20H2,(H,33,38);1-7,11H,8-10H2,(H,20,21)/t22-,25-,30-;11-/m11/s1. The number of carboxylic acids is 1. The quantitative estimate of drug-likeness (QED) is 0.105. The molecule has 1 amide bonds. The molecule has 3 N–H and O–H groups in total. The Morgan fingerprint density at radius 2 is 1.25 bits per heavy atom. The summed E-state index contributed by atoms with van der Waals surface area (Å²) in [6.07, 6.45) is 2.72. The van der Waals surface area contributed by atoms with Crippen molar-refractivity contribution in [1.82, 2.24) is 20.2 Å². The number of anilines is 2. The van der Waals surface area contributed by atoms with Crippen LogP contribution in [0.2, 0.25) is 10.0 Å². The van der Waals surface area contributed by atoms with Crippen LogP contribution in [0.4, 0.5) is 11.6 Å². The van der Waals surface area contributed by atoms with Gasteiger partial charge in [0.1, 0.15) is 42.5 Å². The monoisotopic (exact) mass is 896 g/mol. The first-order valence-corrected chi connectivity index (χ1v) is 22.0. The van der Waals surface area contributed by atoms with Gasteiger partial charge in [0, 0.05) is 54.9 Å². The highest BCUT2D eigenvalue weighted by molar-refractivity contribution is 6.30. The maximum atomic E-state index is 13.5. The zero-order valence-corrected chi connectivity index (χ0v) is 36.2. The molecule has 3 saturated heterocycles. The highest BCUT2D eigenvalue weighted by Gasteiger charge is 2.34. The number of hydrogen-bond donors (Lipinski definition) is 3. The molecule has 330 valence electrons. The van der Waals surface area contributed by atoms with E-state index in [9.17, 15) is 14.7 Å². The van der Waals surface area contributed by atoms with E-state index in [1.807, 2.05) is 47.4 Å². The summed E-state index contributed by atoms with van der Waals surface area (Å²) in [6, 6.07) is 30.3. The summed E-state index contributed by atoms with van der Waals surface area (Å²) in [5.41, 5.74) is 0.702. The minimum Gasteiger partial charge on any atom is -0.486 e. The van der Waals surface area contributed by atoms with E-state index in [1.54, 1.807) is 60.7 Å². The second-order valence-corrected chi connectivity index (χ2v) is 16.8. The minimum atomic E-state index is -0.878. The van der Waals surface area contributed by atoms with Gasteiger partial charge in [-0.1, -0.05) is 41.4 Å². The van der Waals surface area contributed by atoms with Crippen molar-refractivity contribution < 1.29 is 38.7 Å². The topological polar surface area (TPSA) is 159 Å². The van der Waals surface area contributed by atoms with Gasteiger partial charge in [0.05, 0.1) is 17.9 Å². The molecule has 6 heterocycles. The number of benzene rings is 3. The van der Waals surface area contributed by atoms with E-state index in [1.165, 1.54) is 0 Å². The molecule has 0 spiro atoms. The maximum absolute atomic E-state index is 13.5. The maximum Gasteiger partial charge on any atom is 0.308 e. The molecule has 14 nitrogen and oxygen atoms in total. The molecule has 3 fully saturated rings. The fraction of sp³-hybridized carbons (Fsp3) is 0.362. The molecule has 0 bridgehead atoms. The van der Waals surface area contributed by atoms with Crippen LogP contribution in [0, 0.1) is 11.8 Å². The first kappa shape index (κ1) is 43.8. The van der Waals surface area contributed by atoms with Crippen LogP contribution in [-0.2, 0) is 9.59 Å². The Bertz CT molecular complexity index is 2330. The Kier molecular flexibility index (Phi) is 14.3. The lowest BCUT2D eigenvalue weighted by Crippen LogP contribution is -2.48. The summed E-state index contributed by atoms with van der Waals surface area (Å²) in [4.78, 5) is 40.1. The molecule has 0 aliphatic carbocycles. The number of halogens is 2. The van der Waals surface area contributed by atoms with Crippen LogP contribution < -0.4 is 34.1 Å². The third-order valence-electron chi connectivity index (χ3n) is 11.5. The van der Waals surface area contributed by atoms with Gasteiger partial charge in [0.15, 0.2) is 11.5 Å². The molecule has 5 aromatic rings. The lowest BCUT2D eigenvalue weighted by Gasteiger charge is -2.30. The van der Waals surface area contributed by atoms with Crippen molar-refractivity contribution in [1.29, 1.82) is 0 Å². The predicted molar refractivity (Wildman–Crippen MR) is 240 cm³/mol. The molecule has 9 rings (SSSR count). The zero-order chi connectivity index (χ0) is 43.7. The highest BCUT2D eigenvalue weighted by Crippen LogP contribution is 2.34. The van der Waals surface area contributed by atoms with Crippen LogP contribution >= 0.6 is 23.2 Å². The van der Waals surface area contributed by atoms with Crippen LogP contribution in [0.3, 0.4) is 0 Å². The number of likely N-dealkylation sites (tertiary alicyclic amines) is 1. The zero-order valence-electron chi connectivity index (χ0n) is 34.7. The number of ether oxygens (including phenoxy) is 4. The molecular formula is C47H50Cl2N6O8. The number of aliphatic hydroxyl groups excluding tert-OH is 1. The summed E-state index contributed by atoms with van der Waals surface area (Å²) in [5, 5.41) is 25.0. The lowest BCUT2D eigenvalue weighted by atomic mass is 9.99. The average Bonchev–Trinajstić information content (AvgIpc) is 4.12. The van der Waals surface area contributed by atoms with E-state index in [2.05, 4.69) is 25.1 Å². The van der Waals surface area contributed by atoms with Crippen LogP contribution in [0.15, 0.2) is 103 Å². The van der Waals surface area contributed by atoms with Gasteiger partial charge >= 0.3 is 5.97 Å². The van der Waals surface area contributed by atoms with E-state index in [4.69, 9.17) is 47.3 Å². The van der Waals surface area contributed by atoms with Crippen molar-refractivity contribution in [2.45, 2.75) is 37.8 Å². The van der Waals surface area contributed by atoms with E-state index in [0.717, 1.165) is 37.6 Å². The van der Waals surface area contributed by atoms with Gasteiger partial charge in [0.25, 0.3) is 0 Å². The van der Waals surface area contributed by atoms with Crippen molar-refractivity contribution in [3.8, 4) is 34.8 Å². The Hall–Kier alpha value is -5.80. The number of amides is 1. The molecule has 4 aliphatic rings. The van der Waals surface area contributed by atoms with Crippen molar-refractivity contribution in [2.24, 2.45) is 11.8 Å². The summed E-state index contributed by atoms with van der Waals surface area (Å²) in [5.74, 6) is 3.69. The van der Waals surface area contributed by atoms with Crippen molar-refractivity contribution in [3.63, 3.8) is 0 Å². The van der Waals surface area contributed by atoms with Crippen LogP contribution in [0.1, 0.15) is 37.4 Å². The number of carboxylic acid groups (broad SMARTS) is 1. The third-order valence-corrected chi connectivity index (χ3v) is 12.0. The van der Waals surface area contributed by atoms with E-state index < -0.39 is 18.1 Å². The van der Waals surface area contributed by atoms with Crippen LogP contribution in [-0.4, -0.2) is 102 Å². The average molecular weight is 898 g/mol. The van der Waals surface area contributed by atoms with Crippen molar-refractivity contribution in [3.05, 3.63) is 119 Å². The van der Waals surface area contributed by atoms with Gasteiger partial charge in [-0.25, -0.2) is 0 Å². The minimum absolute atomic E-state index is 0.0538. The first-order valence-electron chi connectivity index (χ1n) is 21.3. The lowest BCUT2D eigenvalue weighted by molar-refractivity contribution is -0.141. The number of hydrogen-bond acceptors (Lipinski definition) is 12. The SMILES string of the molecule is O=C(N[C@H](CN1CCCC1)[C@H](O)c1ccc2c(c1)OCCO2)[C@@H]1CCN(c2cccc(Oc3ccc(Cl)cc3)n2)C1.O=C(O)[C@@H]1CCN(c2cccc(Oc3ccc(Cl)cc3)n2)C1. The molecular weight excluding hydrogens is 847 g/mol. The summed E-state index contributed by atoms with van der Waals surface area (Å²) in [6.45, 7) is 5.93. The number of carbonyl (C=O) groups is 2. The number of aliphatic carboxylic acids is 1. The molecule has 4 atom stereocenters. The molecule has 0 unspecified atom stereocenters. The Balaban J connectivity index is 0.000000208. The van der Waals surface area contributed by atoms with Gasteiger partial charge in [0.2, 0.25) is 17.7 Å². The van der Waals surface area contributed by atoms with Crippen molar-refractivity contribution in [2.75, 3.05) is 68.8 Å². The third kappa shape index (κ3) is 11.6. The summed E-state index contributed by atoms with van der Waals surface area (Å²) in [7, 11) is 0.